The topological polar surface area (TPSA) is 78.3 Å². The lowest BCUT2D eigenvalue weighted by atomic mass is 9.91. The lowest BCUT2D eigenvalue weighted by molar-refractivity contribution is -0.160. The zero-order chi connectivity index (χ0) is 26.6. The molecule has 1 unspecified atom stereocenters. The number of halogens is 1. The molecule has 7 nitrogen and oxygen atoms in total. The first-order chi connectivity index (χ1) is 17.4. The van der Waals surface area contributed by atoms with Crippen LogP contribution in [0.1, 0.15) is 43.0 Å². The van der Waals surface area contributed by atoms with E-state index in [1.54, 1.807) is 11.3 Å². The second-order valence-corrected chi connectivity index (χ2v) is 11.7. The maximum Gasteiger partial charge on any atom is 0.337 e. The van der Waals surface area contributed by atoms with Gasteiger partial charge in [0, 0.05) is 30.2 Å². The quantitative estimate of drug-likeness (QED) is 0.410. The van der Waals surface area contributed by atoms with E-state index in [1.165, 1.54) is 0 Å². The van der Waals surface area contributed by atoms with Crippen LogP contribution in [-0.2, 0) is 9.53 Å². The van der Waals surface area contributed by atoms with E-state index in [9.17, 15) is 9.90 Å². The number of allylic oxidation sites excluding steroid dienone is 2. The number of likely N-dealkylation sites (N-methyl/N-ethyl adjacent to an activating group) is 2. The summed E-state index contributed by atoms with van der Waals surface area (Å²) in [6, 6.07) is 9.47. The third-order valence-corrected chi connectivity index (χ3v) is 7.87. The Morgan fingerprint density at radius 1 is 1.19 bits per heavy atom. The Kier molecular flexibility index (Phi) is 6.38. The first-order valence-corrected chi connectivity index (χ1v) is 13.2. The number of hydrogen-bond donors (Lipinski definition) is 1. The van der Waals surface area contributed by atoms with Gasteiger partial charge in [-0.2, -0.15) is 5.10 Å². The molecule has 5 rings (SSSR count). The average Bonchev–Trinajstić information content (AvgIpc) is 3.41. The summed E-state index contributed by atoms with van der Waals surface area (Å²) in [5.41, 5.74) is 5.36. The summed E-state index contributed by atoms with van der Waals surface area (Å²) in [7, 11) is 3.98. The lowest BCUT2D eigenvalue weighted by Crippen LogP contribution is -2.35. The zero-order valence-electron chi connectivity index (χ0n) is 21.6. The summed E-state index contributed by atoms with van der Waals surface area (Å²) in [4.78, 5) is 19.7. The Balaban J connectivity index is 1.74. The summed E-state index contributed by atoms with van der Waals surface area (Å²) < 4.78 is 7.02. The SMILES string of the molecule is Cc1cc2nc(C3=CC=C4C(C=NN4C)N3C)sc2c(-c2ccc(Cl)cc2)c1[C@H](OC(C)(C)C)C(=O)O. The maximum atomic E-state index is 12.5. The molecule has 0 amide bonds. The zero-order valence-corrected chi connectivity index (χ0v) is 23.2. The minimum Gasteiger partial charge on any atom is -0.479 e. The van der Waals surface area contributed by atoms with E-state index in [0.29, 0.717) is 10.6 Å². The van der Waals surface area contributed by atoms with Crippen LogP contribution in [0, 0.1) is 6.92 Å². The highest BCUT2D eigenvalue weighted by Crippen LogP contribution is 2.44. The van der Waals surface area contributed by atoms with Crippen molar-refractivity contribution in [1.82, 2.24) is 14.9 Å². The number of aromatic nitrogens is 1. The van der Waals surface area contributed by atoms with Gasteiger partial charge in [-0.05, 0) is 69.2 Å². The molecule has 0 saturated heterocycles. The minimum absolute atomic E-state index is 0.0432. The number of aliphatic carboxylic acids is 1. The third-order valence-electron chi connectivity index (χ3n) is 6.50. The van der Waals surface area contributed by atoms with Crippen LogP contribution in [-0.4, -0.2) is 57.9 Å². The smallest absolute Gasteiger partial charge is 0.337 e. The molecule has 1 aromatic heterocycles. The summed E-state index contributed by atoms with van der Waals surface area (Å²) in [5.74, 6) is -1.03. The van der Waals surface area contributed by atoms with E-state index in [1.807, 2.05) is 83.3 Å². The number of rotatable bonds is 5. The minimum atomic E-state index is -1.15. The molecule has 37 heavy (non-hydrogen) atoms. The molecule has 0 aliphatic carbocycles. The Morgan fingerprint density at radius 3 is 2.54 bits per heavy atom. The van der Waals surface area contributed by atoms with E-state index in [-0.39, 0.29) is 6.04 Å². The molecule has 192 valence electrons. The number of benzene rings is 2. The molecular weight excluding hydrogens is 508 g/mol. The highest BCUT2D eigenvalue weighted by atomic mass is 35.5. The number of nitrogens with zero attached hydrogens (tertiary/aromatic N) is 4. The number of fused-ring (bicyclic) bond motifs is 2. The molecular formula is C28H29ClN4O3S. The fraction of sp³-hybridized carbons (Fsp3) is 0.321. The van der Waals surface area contributed by atoms with Gasteiger partial charge >= 0.3 is 5.97 Å². The molecule has 2 aromatic carbocycles. The van der Waals surface area contributed by atoms with Crippen molar-refractivity contribution in [3.63, 3.8) is 0 Å². The Hall–Kier alpha value is -3.20. The molecule has 0 radical (unpaired) electrons. The van der Waals surface area contributed by atoms with Crippen LogP contribution in [0.4, 0.5) is 0 Å². The highest BCUT2D eigenvalue weighted by molar-refractivity contribution is 7.20. The van der Waals surface area contributed by atoms with Crippen molar-refractivity contribution in [3.05, 3.63) is 69.3 Å². The van der Waals surface area contributed by atoms with Gasteiger partial charge in [-0.3, -0.25) is 5.01 Å². The van der Waals surface area contributed by atoms with Crippen LogP contribution in [0.5, 0.6) is 0 Å². The summed E-state index contributed by atoms with van der Waals surface area (Å²) in [6.45, 7) is 7.50. The lowest BCUT2D eigenvalue weighted by Gasteiger charge is -2.31. The van der Waals surface area contributed by atoms with Gasteiger partial charge in [0.25, 0.3) is 0 Å². The molecule has 0 bridgehead atoms. The van der Waals surface area contributed by atoms with Crippen LogP contribution in [0.3, 0.4) is 0 Å². The van der Waals surface area contributed by atoms with Crippen molar-refractivity contribution in [2.24, 2.45) is 5.10 Å². The van der Waals surface area contributed by atoms with Gasteiger partial charge in [-0.25, -0.2) is 9.78 Å². The van der Waals surface area contributed by atoms with Gasteiger partial charge in [0.2, 0.25) is 0 Å². The van der Waals surface area contributed by atoms with Gasteiger partial charge in [0.1, 0.15) is 11.0 Å². The number of carboxylic acids is 1. The molecule has 3 aromatic rings. The summed E-state index contributed by atoms with van der Waals surface area (Å²) in [6.07, 6.45) is 4.92. The summed E-state index contributed by atoms with van der Waals surface area (Å²) >= 11 is 7.75. The molecule has 2 atom stereocenters. The molecule has 2 aliphatic heterocycles. The highest BCUT2D eigenvalue weighted by Gasteiger charge is 2.34. The van der Waals surface area contributed by atoms with Crippen LogP contribution < -0.4 is 0 Å². The number of thiazole rings is 1. The van der Waals surface area contributed by atoms with Gasteiger partial charge in [-0.1, -0.05) is 23.7 Å². The fourth-order valence-corrected chi connectivity index (χ4v) is 6.12. The second kappa shape index (κ2) is 9.28. The fourth-order valence-electron chi connectivity index (χ4n) is 4.80. The predicted molar refractivity (Wildman–Crippen MR) is 150 cm³/mol. The Bertz CT molecular complexity index is 1480. The number of ether oxygens (including phenoxy) is 1. The van der Waals surface area contributed by atoms with Crippen molar-refractivity contribution in [3.8, 4) is 11.1 Å². The van der Waals surface area contributed by atoms with E-state index < -0.39 is 17.7 Å². The van der Waals surface area contributed by atoms with Crippen LogP contribution in [0.25, 0.3) is 27.0 Å². The predicted octanol–water partition coefficient (Wildman–Crippen LogP) is 6.34. The van der Waals surface area contributed by atoms with Crippen LogP contribution in [0.2, 0.25) is 5.02 Å². The first kappa shape index (κ1) is 25.4. The van der Waals surface area contributed by atoms with Crippen LogP contribution >= 0.6 is 22.9 Å². The number of carbonyl (C=O) groups is 1. The standard InChI is InChI=1S/C28H29ClN4O3S/c1-15-13-18-25(37-26(31-18)20-12-11-19-21(32(20)5)14-30-33(19)6)23(16-7-9-17(29)10-8-16)22(15)24(27(34)35)36-28(2,3)4/h7-14,21,24H,1-6H3,(H,34,35)/t21?,24-/m0/s1. The molecule has 0 spiro atoms. The largest absolute Gasteiger partial charge is 0.479 e. The van der Waals surface area contributed by atoms with Crippen molar-refractivity contribution in [2.75, 3.05) is 14.1 Å². The van der Waals surface area contributed by atoms with Gasteiger partial charge in [0.15, 0.2) is 6.10 Å². The van der Waals surface area contributed by atoms with E-state index in [0.717, 1.165) is 43.3 Å². The van der Waals surface area contributed by atoms with Gasteiger partial charge < -0.3 is 14.7 Å². The van der Waals surface area contributed by atoms with E-state index in [2.05, 4.69) is 22.2 Å². The van der Waals surface area contributed by atoms with E-state index >= 15 is 0 Å². The number of hydrazone groups is 1. The second-order valence-electron chi connectivity index (χ2n) is 10.3. The number of carboxylic acid groups (broad SMARTS) is 1. The van der Waals surface area contributed by atoms with Crippen molar-refractivity contribution < 1.29 is 14.6 Å². The molecule has 1 N–H and O–H groups in total. The normalized spacial score (nSPS) is 18.2. The first-order valence-electron chi connectivity index (χ1n) is 12.0. The summed E-state index contributed by atoms with van der Waals surface area (Å²) in [5, 5.41) is 18.0. The van der Waals surface area contributed by atoms with Crippen LogP contribution in [0.15, 0.2) is 53.3 Å². The monoisotopic (exact) mass is 536 g/mol. The molecule has 2 aliphatic rings. The van der Waals surface area contributed by atoms with Crippen molar-refractivity contribution in [2.45, 2.75) is 45.4 Å². The Morgan fingerprint density at radius 2 is 1.89 bits per heavy atom. The molecule has 0 fully saturated rings. The van der Waals surface area contributed by atoms with Gasteiger partial charge in [-0.15, -0.1) is 11.3 Å². The van der Waals surface area contributed by atoms with Gasteiger partial charge in [0.05, 0.1) is 33.4 Å². The van der Waals surface area contributed by atoms with E-state index in [4.69, 9.17) is 21.3 Å². The molecule has 0 saturated carbocycles. The average molecular weight is 537 g/mol. The van der Waals surface area contributed by atoms with Crippen molar-refractivity contribution in [1.29, 1.82) is 0 Å². The molecule has 9 heteroatoms. The molecule has 3 heterocycles. The Labute approximate surface area is 225 Å². The number of aryl methyl sites for hydroxylation is 1. The third kappa shape index (κ3) is 4.65. The maximum absolute atomic E-state index is 12.5. The number of hydrogen-bond acceptors (Lipinski definition) is 7. The van der Waals surface area contributed by atoms with Crippen molar-refractivity contribution >= 4 is 51.0 Å².